The summed E-state index contributed by atoms with van der Waals surface area (Å²) in [5.74, 6) is 0. The van der Waals surface area contributed by atoms with E-state index in [1.165, 1.54) is 0 Å². The van der Waals surface area contributed by atoms with Crippen LogP contribution in [0, 0.1) is 0 Å². The zero-order valence-electron chi connectivity index (χ0n) is 11.4. The van der Waals surface area contributed by atoms with Crippen LogP contribution in [0.1, 0.15) is 45.9 Å². The molecule has 1 rings (SSSR count). The normalized spacial score (nSPS) is 15.2. The number of hydrogen-bond acceptors (Lipinski definition) is 3. The van der Waals surface area contributed by atoms with Gasteiger partial charge in [0.25, 0.3) is 0 Å². The second-order valence-corrected chi connectivity index (χ2v) is 4.70. The predicted molar refractivity (Wildman–Crippen MR) is 72.8 cm³/mol. The minimum Gasteiger partial charge on any atom is -0.326 e. The standard InChI is InChI=1S/C14H25N3/c1-5-12(15)14(17(6-2)11(3)4)13-9-7-8-10-16-13/h7-12,14H,5-6,15H2,1-4H3. The summed E-state index contributed by atoms with van der Waals surface area (Å²) in [5.41, 5.74) is 7.36. The monoisotopic (exact) mass is 235 g/mol. The summed E-state index contributed by atoms with van der Waals surface area (Å²) in [6.45, 7) is 9.73. The van der Waals surface area contributed by atoms with Gasteiger partial charge in [0.1, 0.15) is 0 Å². The van der Waals surface area contributed by atoms with Gasteiger partial charge in [0.15, 0.2) is 0 Å². The molecule has 1 aromatic rings. The van der Waals surface area contributed by atoms with Crippen molar-refractivity contribution in [3.63, 3.8) is 0 Å². The van der Waals surface area contributed by atoms with Gasteiger partial charge >= 0.3 is 0 Å². The lowest BCUT2D eigenvalue weighted by Crippen LogP contribution is -2.44. The molecule has 3 heteroatoms. The summed E-state index contributed by atoms with van der Waals surface area (Å²) in [6, 6.07) is 6.88. The summed E-state index contributed by atoms with van der Waals surface area (Å²) in [6.07, 6.45) is 2.81. The fourth-order valence-corrected chi connectivity index (χ4v) is 2.29. The van der Waals surface area contributed by atoms with Gasteiger partial charge in [0.05, 0.1) is 11.7 Å². The minimum atomic E-state index is 0.132. The molecule has 96 valence electrons. The Morgan fingerprint density at radius 1 is 1.29 bits per heavy atom. The molecule has 0 saturated heterocycles. The van der Waals surface area contributed by atoms with Crippen LogP contribution in [0.4, 0.5) is 0 Å². The van der Waals surface area contributed by atoms with E-state index in [0.29, 0.717) is 6.04 Å². The molecule has 0 aliphatic carbocycles. The maximum Gasteiger partial charge on any atom is 0.0675 e. The van der Waals surface area contributed by atoms with Gasteiger partial charge < -0.3 is 5.73 Å². The van der Waals surface area contributed by atoms with Crippen molar-refractivity contribution in [1.82, 2.24) is 9.88 Å². The van der Waals surface area contributed by atoms with Crippen molar-refractivity contribution in [3.8, 4) is 0 Å². The maximum atomic E-state index is 6.28. The summed E-state index contributed by atoms with van der Waals surface area (Å²) in [7, 11) is 0. The highest BCUT2D eigenvalue weighted by molar-refractivity contribution is 5.11. The van der Waals surface area contributed by atoms with Crippen LogP contribution in [-0.2, 0) is 0 Å². The molecule has 0 bridgehead atoms. The zero-order chi connectivity index (χ0) is 12.8. The van der Waals surface area contributed by atoms with Crippen molar-refractivity contribution in [2.24, 2.45) is 5.73 Å². The van der Waals surface area contributed by atoms with Gasteiger partial charge in [-0.1, -0.05) is 19.9 Å². The lowest BCUT2D eigenvalue weighted by molar-refractivity contribution is 0.135. The third kappa shape index (κ3) is 3.51. The zero-order valence-corrected chi connectivity index (χ0v) is 11.4. The molecule has 0 radical (unpaired) electrons. The highest BCUT2D eigenvalue weighted by atomic mass is 15.2. The highest BCUT2D eigenvalue weighted by Gasteiger charge is 2.27. The van der Waals surface area contributed by atoms with Gasteiger partial charge in [-0.2, -0.15) is 0 Å². The van der Waals surface area contributed by atoms with Gasteiger partial charge in [0.2, 0.25) is 0 Å². The van der Waals surface area contributed by atoms with Crippen molar-refractivity contribution in [2.75, 3.05) is 6.54 Å². The third-order valence-electron chi connectivity index (χ3n) is 3.25. The van der Waals surface area contributed by atoms with Crippen LogP contribution in [-0.4, -0.2) is 28.5 Å². The van der Waals surface area contributed by atoms with E-state index in [9.17, 15) is 0 Å². The number of aromatic nitrogens is 1. The smallest absolute Gasteiger partial charge is 0.0675 e. The first-order valence-electron chi connectivity index (χ1n) is 6.54. The molecule has 1 heterocycles. The van der Waals surface area contributed by atoms with Crippen LogP contribution < -0.4 is 5.73 Å². The molecular weight excluding hydrogens is 210 g/mol. The van der Waals surface area contributed by atoms with E-state index in [1.807, 2.05) is 18.3 Å². The summed E-state index contributed by atoms with van der Waals surface area (Å²) in [5, 5.41) is 0. The lowest BCUT2D eigenvalue weighted by Gasteiger charge is -2.37. The molecule has 1 aromatic heterocycles. The average molecular weight is 235 g/mol. The van der Waals surface area contributed by atoms with E-state index in [4.69, 9.17) is 5.73 Å². The minimum absolute atomic E-state index is 0.132. The van der Waals surface area contributed by atoms with E-state index < -0.39 is 0 Å². The number of likely N-dealkylation sites (N-methyl/N-ethyl adjacent to an activating group) is 1. The van der Waals surface area contributed by atoms with E-state index in [2.05, 4.69) is 43.6 Å². The largest absolute Gasteiger partial charge is 0.326 e. The molecule has 0 saturated carbocycles. The first kappa shape index (κ1) is 14.1. The molecule has 2 atom stereocenters. The predicted octanol–water partition coefficient (Wildman–Crippen LogP) is 2.59. The molecule has 0 aliphatic rings. The van der Waals surface area contributed by atoms with Crippen LogP contribution in [0.3, 0.4) is 0 Å². The van der Waals surface area contributed by atoms with Gasteiger partial charge in [-0.15, -0.1) is 0 Å². The van der Waals surface area contributed by atoms with Gasteiger partial charge in [-0.3, -0.25) is 9.88 Å². The quantitative estimate of drug-likeness (QED) is 0.824. The lowest BCUT2D eigenvalue weighted by atomic mass is 9.99. The molecule has 0 spiro atoms. The van der Waals surface area contributed by atoms with Crippen molar-refractivity contribution < 1.29 is 0 Å². The Bertz CT molecular complexity index is 311. The third-order valence-corrected chi connectivity index (χ3v) is 3.25. The second kappa shape index (κ2) is 6.72. The van der Waals surface area contributed by atoms with Crippen LogP contribution in [0.25, 0.3) is 0 Å². The van der Waals surface area contributed by atoms with Gasteiger partial charge in [-0.25, -0.2) is 0 Å². The number of hydrogen-bond donors (Lipinski definition) is 1. The second-order valence-electron chi connectivity index (χ2n) is 4.70. The van der Waals surface area contributed by atoms with E-state index in [-0.39, 0.29) is 12.1 Å². The molecule has 0 aromatic carbocycles. The van der Waals surface area contributed by atoms with Crippen LogP contribution in [0.2, 0.25) is 0 Å². The van der Waals surface area contributed by atoms with Gasteiger partial charge in [0, 0.05) is 18.3 Å². The molecule has 0 aliphatic heterocycles. The number of nitrogens with zero attached hydrogens (tertiary/aromatic N) is 2. The summed E-state index contributed by atoms with van der Waals surface area (Å²) < 4.78 is 0. The average Bonchev–Trinajstić information content (AvgIpc) is 2.35. The molecule has 2 N–H and O–H groups in total. The Hall–Kier alpha value is -0.930. The fraction of sp³-hybridized carbons (Fsp3) is 0.643. The molecule has 17 heavy (non-hydrogen) atoms. The fourth-order valence-electron chi connectivity index (χ4n) is 2.29. The van der Waals surface area contributed by atoms with Gasteiger partial charge in [-0.05, 0) is 38.9 Å². The highest BCUT2D eigenvalue weighted by Crippen LogP contribution is 2.25. The molecular formula is C14H25N3. The Balaban J connectivity index is 3.03. The van der Waals surface area contributed by atoms with Crippen molar-refractivity contribution >= 4 is 0 Å². The van der Waals surface area contributed by atoms with Crippen molar-refractivity contribution in [2.45, 2.75) is 52.2 Å². The van der Waals surface area contributed by atoms with Crippen molar-refractivity contribution in [3.05, 3.63) is 30.1 Å². The van der Waals surface area contributed by atoms with Crippen LogP contribution >= 0.6 is 0 Å². The molecule has 2 unspecified atom stereocenters. The number of pyridine rings is 1. The van der Waals surface area contributed by atoms with Crippen LogP contribution in [0.15, 0.2) is 24.4 Å². The topological polar surface area (TPSA) is 42.1 Å². The van der Waals surface area contributed by atoms with E-state index in [1.54, 1.807) is 0 Å². The Morgan fingerprint density at radius 3 is 2.41 bits per heavy atom. The SMILES string of the molecule is CCC(N)C(c1ccccn1)N(CC)C(C)C. The molecule has 0 fully saturated rings. The summed E-state index contributed by atoms with van der Waals surface area (Å²) in [4.78, 5) is 6.89. The molecule has 3 nitrogen and oxygen atoms in total. The van der Waals surface area contributed by atoms with E-state index >= 15 is 0 Å². The Morgan fingerprint density at radius 2 is 2.00 bits per heavy atom. The Kier molecular flexibility index (Phi) is 5.59. The maximum absolute atomic E-state index is 6.28. The van der Waals surface area contributed by atoms with E-state index in [0.717, 1.165) is 18.7 Å². The number of nitrogens with two attached hydrogens (primary N) is 1. The molecule has 0 amide bonds. The Labute approximate surface area is 105 Å². The van der Waals surface area contributed by atoms with Crippen molar-refractivity contribution in [1.29, 1.82) is 0 Å². The number of rotatable bonds is 6. The first-order valence-corrected chi connectivity index (χ1v) is 6.54. The first-order chi connectivity index (χ1) is 8.11. The van der Waals surface area contributed by atoms with Crippen LogP contribution in [0.5, 0.6) is 0 Å². The summed E-state index contributed by atoms with van der Waals surface area (Å²) >= 11 is 0.